The Balaban J connectivity index is 2.22. The Kier molecular flexibility index (Phi) is 6.65. The van der Waals surface area contributed by atoms with E-state index in [9.17, 15) is 9.90 Å². The van der Waals surface area contributed by atoms with E-state index in [1.807, 2.05) is 13.8 Å². The fourth-order valence-electron chi connectivity index (χ4n) is 2.64. The number of nitrogens with one attached hydrogen (secondary N) is 1. The van der Waals surface area contributed by atoms with Crippen molar-refractivity contribution in [3.8, 4) is 0 Å². The van der Waals surface area contributed by atoms with Gasteiger partial charge in [0.1, 0.15) is 0 Å². The van der Waals surface area contributed by atoms with E-state index in [1.54, 1.807) is 0 Å². The van der Waals surface area contributed by atoms with Crippen LogP contribution in [0.5, 0.6) is 0 Å². The molecule has 1 aliphatic heterocycles. The van der Waals surface area contributed by atoms with Gasteiger partial charge in [-0.2, -0.15) is 0 Å². The lowest BCUT2D eigenvalue weighted by molar-refractivity contribution is -0.127. The van der Waals surface area contributed by atoms with Gasteiger partial charge in [0, 0.05) is 13.1 Å². The Bertz CT molecular complexity index is 256. The van der Waals surface area contributed by atoms with Crippen LogP contribution in [0.4, 0.5) is 0 Å². The van der Waals surface area contributed by atoms with Crippen molar-refractivity contribution in [1.82, 2.24) is 10.2 Å². The van der Waals surface area contributed by atoms with Gasteiger partial charge in [-0.15, -0.1) is 0 Å². The zero-order valence-corrected chi connectivity index (χ0v) is 12.0. The summed E-state index contributed by atoms with van der Waals surface area (Å²) in [5, 5.41) is 12.1. The maximum atomic E-state index is 11.8. The number of nitrogens with zero attached hydrogens (tertiary/aromatic N) is 1. The van der Waals surface area contributed by atoms with Crippen molar-refractivity contribution >= 4 is 5.91 Å². The number of hydrogen-bond donors (Lipinski definition) is 2. The molecule has 4 nitrogen and oxygen atoms in total. The first kappa shape index (κ1) is 15.4. The lowest BCUT2D eigenvalue weighted by Crippen LogP contribution is -2.38. The van der Waals surface area contributed by atoms with Crippen molar-refractivity contribution in [2.75, 3.05) is 33.3 Å². The van der Waals surface area contributed by atoms with Crippen LogP contribution in [-0.2, 0) is 4.79 Å². The van der Waals surface area contributed by atoms with Crippen molar-refractivity contribution < 1.29 is 9.90 Å². The second-order valence-corrected chi connectivity index (χ2v) is 5.88. The summed E-state index contributed by atoms with van der Waals surface area (Å²) in [5.41, 5.74) is 0. The zero-order chi connectivity index (χ0) is 13.5. The highest BCUT2D eigenvalue weighted by atomic mass is 16.3. The minimum atomic E-state index is -0.265. The summed E-state index contributed by atoms with van der Waals surface area (Å²) in [5.74, 6) is 0.627. The molecule has 0 aromatic heterocycles. The highest BCUT2D eigenvalue weighted by Gasteiger charge is 2.21. The summed E-state index contributed by atoms with van der Waals surface area (Å²) in [6, 6.07) is 0. The zero-order valence-electron chi connectivity index (χ0n) is 12.0. The molecule has 0 aromatic rings. The molecule has 1 rings (SSSR count). The molecule has 18 heavy (non-hydrogen) atoms. The first-order valence-electron chi connectivity index (χ1n) is 7.11. The monoisotopic (exact) mass is 256 g/mol. The van der Waals surface area contributed by atoms with E-state index in [4.69, 9.17) is 0 Å². The fourth-order valence-corrected chi connectivity index (χ4v) is 2.64. The van der Waals surface area contributed by atoms with Gasteiger partial charge in [0.15, 0.2) is 0 Å². The van der Waals surface area contributed by atoms with Gasteiger partial charge in [-0.1, -0.05) is 13.8 Å². The quantitative estimate of drug-likeness (QED) is 0.748. The molecule has 2 unspecified atom stereocenters. The second-order valence-electron chi connectivity index (χ2n) is 5.88. The molecule has 1 saturated heterocycles. The Hall–Kier alpha value is -0.610. The van der Waals surface area contributed by atoms with Crippen LogP contribution in [-0.4, -0.2) is 49.2 Å². The van der Waals surface area contributed by atoms with Gasteiger partial charge in [0.05, 0.1) is 12.5 Å². The third-order valence-corrected chi connectivity index (χ3v) is 3.91. The Morgan fingerprint density at radius 3 is 2.78 bits per heavy atom. The standard InChI is InChI=1S/C14H28N2O2/c1-11(2)13(10-17)14(18)15-7-6-12-5-4-8-16(3)9-12/h11-13,17H,4-10H2,1-3H3,(H,15,18). The largest absolute Gasteiger partial charge is 0.396 e. The van der Waals surface area contributed by atoms with E-state index in [0.717, 1.165) is 19.5 Å². The van der Waals surface area contributed by atoms with Crippen molar-refractivity contribution in [3.05, 3.63) is 0 Å². The lowest BCUT2D eigenvalue weighted by atomic mass is 9.94. The molecule has 1 amide bonds. The molecular formula is C14H28N2O2. The summed E-state index contributed by atoms with van der Waals surface area (Å²) < 4.78 is 0. The van der Waals surface area contributed by atoms with E-state index >= 15 is 0 Å². The molecule has 0 aromatic carbocycles. The predicted octanol–water partition coefficient (Wildman–Crippen LogP) is 1.10. The number of aliphatic hydroxyl groups is 1. The minimum absolute atomic E-state index is 0.00309. The number of likely N-dealkylation sites (tertiary alicyclic amines) is 1. The Morgan fingerprint density at radius 2 is 2.22 bits per heavy atom. The van der Waals surface area contributed by atoms with Gasteiger partial charge in [-0.05, 0) is 44.7 Å². The number of rotatable bonds is 6. The number of piperidine rings is 1. The molecule has 0 radical (unpaired) electrons. The third kappa shape index (κ3) is 4.94. The van der Waals surface area contributed by atoms with Crippen LogP contribution in [0.1, 0.15) is 33.1 Å². The van der Waals surface area contributed by atoms with Gasteiger partial charge < -0.3 is 15.3 Å². The minimum Gasteiger partial charge on any atom is -0.396 e. The van der Waals surface area contributed by atoms with Crippen molar-refractivity contribution in [2.45, 2.75) is 33.1 Å². The van der Waals surface area contributed by atoms with E-state index in [2.05, 4.69) is 17.3 Å². The average molecular weight is 256 g/mol. The molecule has 2 N–H and O–H groups in total. The van der Waals surface area contributed by atoms with Crippen molar-refractivity contribution in [3.63, 3.8) is 0 Å². The van der Waals surface area contributed by atoms with Crippen LogP contribution < -0.4 is 5.32 Å². The topological polar surface area (TPSA) is 52.6 Å². The molecule has 1 heterocycles. The normalized spacial score (nSPS) is 23.1. The molecule has 1 fully saturated rings. The molecule has 4 heteroatoms. The Labute approximate surface area is 111 Å². The summed E-state index contributed by atoms with van der Waals surface area (Å²) >= 11 is 0. The van der Waals surface area contributed by atoms with Gasteiger partial charge in [0.2, 0.25) is 5.91 Å². The summed E-state index contributed by atoms with van der Waals surface area (Å²) in [4.78, 5) is 14.2. The Morgan fingerprint density at radius 1 is 1.50 bits per heavy atom. The van der Waals surface area contributed by atoms with Gasteiger partial charge in [0.25, 0.3) is 0 Å². The first-order chi connectivity index (χ1) is 8.54. The van der Waals surface area contributed by atoms with Gasteiger partial charge in [-0.3, -0.25) is 4.79 Å². The first-order valence-corrected chi connectivity index (χ1v) is 7.11. The molecule has 106 valence electrons. The van der Waals surface area contributed by atoms with Crippen LogP contribution in [0.2, 0.25) is 0 Å². The molecular weight excluding hydrogens is 228 g/mol. The third-order valence-electron chi connectivity index (χ3n) is 3.91. The summed E-state index contributed by atoms with van der Waals surface area (Å²) in [6.45, 7) is 6.95. The number of hydrogen-bond acceptors (Lipinski definition) is 3. The highest BCUT2D eigenvalue weighted by molar-refractivity contribution is 5.78. The van der Waals surface area contributed by atoms with E-state index in [-0.39, 0.29) is 24.3 Å². The maximum absolute atomic E-state index is 11.8. The number of carbonyl (C=O) groups is 1. The average Bonchev–Trinajstić information content (AvgIpc) is 2.29. The molecule has 0 bridgehead atoms. The van der Waals surface area contributed by atoms with Crippen LogP contribution in [0.3, 0.4) is 0 Å². The molecule has 0 spiro atoms. The van der Waals surface area contributed by atoms with Crippen molar-refractivity contribution in [1.29, 1.82) is 0 Å². The van der Waals surface area contributed by atoms with Crippen LogP contribution in [0.25, 0.3) is 0 Å². The highest BCUT2D eigenvalue weighted by Crippen LogP contribution is 2.18. The fraction of sp³-hybridized carbons (Fsp3) is 0.929. The number of amides is 1. The predicted molar refractivity (Wildman–Crippen MR) is 73.3 cm³/mol. The van der Waals surface area contributed by atoms with E-state index in [1.165, 1.54) is 19.4 Å². The van der Waals surface area contributed by atoms with Gasteiger partial charge >= 0.3 is 0 Å². The van der Waals surface area contributed by atoms with Crippen LogP contribution in [0, 0.1) is 17.8 Å². The summed E-state index contributed by atoms with van der Waals surface area (Å²) in [6.07, 6.45) is 3.58. The van der Waals surface area contributed by atoms with Crippen LogP contribution in [0.15, 0.2) is 0 Å². The molecule has 0 aliphatic carbocycles. The second kappa shape index (κ2) is 7.74. The summed E-state index contributed by atoms with van der Waals surface area (Å²) in [7, 11) is 2.16. The van der Waals surface area contributed by atoms with Gasteiger partial charge in [-0.25, -0.2) is 0 Å². The molecule has 1 aliphatic rings. The SMILES string of the molecule is CC(C)C(CO)C(=O)NCCC1CCCN(C)C1. The molecule has 0 saturated carbocycles. The lowest BCUT2D eigenvalue weighted by Gasteiger charge is -2.29. The number of carbonyl (C=O) groups excluding carboxylic acids is 1. The number of aliphatic hydroxyl groups excluding tert-OH is 1. The van der Waals surface area contributed by atoms with Crippen molar-refractivity contribution in [2.24, 2.45) is 17.8 Å². The van der Waals surface area contributed by atoms with E-state index in [0.29, 0.717) is 5.92 Å². The van der Waals surface area contributed by atoms with E-state index < -0.39 is 0 Å². The van der Waals surface area contributed by atoms with Crippen LogP contribution >= 0.6 is 0 Å². The maximum Gasteiger partial charge on any atom is 0.225 e. The smallest absolute Gasteiger partial charge is 0.225 e. The molecule has 2 atom stereocenters.